The Labute approximate surface area is 211 Å². The van der Waals surface area contributed by atoms with Crippen molar-refractivity contribution in [3.05, 3.63) is 48.1 Å². The first kappa shape index (κ1) is 23.5. The molecule has 0 aliphatic carbocycles. The van der Waals surface area contributed by atoms with E-state index < -0.39 is 9.84 Å². The summed E-state index contributed by atoms with van der Waals surface area (Å²) in [5.74, 6) is -0.223. The number of nitrogen functional groups attached to an aromatic ring is 1. The number of hydrogen-bond acceptors (Lipinski definition) is 10. The van der Waals surface area contributed by atoms with Gasteiger partial charge in [0, 0.05) is 41.6 Å². The quantitative estimate of drug-likeness (QED) is 0.340. The molecule has 0 aromatic carbocycles. The van der Waals surface area contributed by atoms with Crippen molar-refractivity contribution in [3.8, 4) is 11.1 Å². The number of aromatic nitrogens is 7. The molecule has 1 amide bonds. The third-order valence-corrected chi connectivity index (χ3v) is 8.47. The molecule has 2 saturated heterocycles. The number of aliphatic hydroxyl groups is 1. The lowest BCUT2D eigenvalue weighted by atomic mass is 9.87. The number of aliphatic hydroxyl groups excluding tert-OH is 1. The van der Waals surface area contributed by atoms with E-state index in [1.54, 1.807) is 24.5 Å². The Morgan fingerprint density at radius 2 is 1.97 bits per heavy atom. The minimum Gasteiger partial charge on any atom is -0.390 e. The number of fused-ring (bicyclic) bond motifs is 3. The number of H-pyrrole nitrogens is 1. The molecule has 2 bridgehead atoms. The van der Waals surface area contributed by atoms with Gasteiger partial charge >= 0.3 is 0 Å². The lowest BCUT2D eigenvalue weighted by molar-refractivity contribution is 0.0556. The molecule has 6 rings (SSSR count). The number of rotatable bonds is 5. The molecule has 2 aliphatic rings. The number of nitrogens with one attached hydrogen (secondary N) is 1. The first-order chi connectivity index (χ1) is 17.8. The van der Waals surface area contributed by atoms with E-state index in [1.807, 2.05) is 4.90 Å². The van der Waals surface area contributed by atoms with Crippen molar-refractivity contribution >= 4 is 27.2 Å². The van der Waals surface area contributed by atoms with Gasteiger partial charge in [0.05, 0.1) is 24.2 Å². The predicted octanol–water partition coefficient (Wildman–Crippen LogP) is 0.938. The summed E-state index contributed by atoms with van der Waals surface area (Å²) in [6.45, 7) is -0.178. The lowest BCUT2D eigenvalue weighted by Crippen LogP contribution is -2.46. The third-order valence-electron chi connectivity index (χ3n) is 7.31. The number of hydrogen-bond donors (Lipinski definition) is 3. The second-order valence-corrected chi connectivity index (χ2v) is 11.5. The summed E-state index contributed by atoms with van der Waals surface area (Å²) in [6, 6.07) is 3.35. The van der Waals surface area contributed by atoms with Crippen LogP contribution in [0.5, 0.6) is 0 Å². The number of pyridine rings is 1. The van der Waals surface area contributed by atoms with E-state index >= 15 is 0 Å². The van der Waals surface area contributed by atoms with Gasteiger partial charge in [0.15, 0.2) is 15.5 Å². The van der Waals surface area contributed by atoms with Crippen LogP contribution in [-0.2, 0) is 16.4 Å². The zero-order valence-corrected chi connectivity index (χ0v) is 20.8. The van der Waals surface area contributed by atoms with Gasteiger partial charge in [0.1, 0.15) is 17.0 Å². The van der Waals surface area contributed by atoms with Crippen molar-refractivity contribution in [1.82, 2.24) is 39.7 Å². The molecule has 13 nitrogen and oxygen atoms in total. The van der Waals surface area contributed by atoms with E-state index in [0.29, 0.717) is 41.0 Å². The normalized spacial score (nSPS) is 21.6. The molecule has 2 fully saturated rings. The summed E-state index contributed by atoms with van der Waals surface area (Å²) in [7, 11) is -3.74. The van der Waals surface area contributed by atoms with Crippen LogP contribution in [0.1, 0.15) is 53.6 Å². The Hall–Kier alpha value is -3.91. The summed E-state index contributed by atoms with van der Waals surface area (Å²) < 4.78 is 27.2. The maximum absolute atomic E-state index is 13.1. The van der Waals surface area contributed by atoms with Gasteiger partial charge < -0.3 is 20.7 Å². The molecular formula is C23H25N9O4S. The molecule has 0 radical (unpaired) electrons. The number of nitrogens with zero attached hydrogens (tertiary/aromatic N) is 7. The van der Waals surface area contributed by atoms with Crippen LogP contribution in [-0.4, -0.2) is 77.4 Å². The molecule has 6 heterocycles. The molecule has 4 aromatic rings. The zero-order chi connectivity index (χ0) is 25.9. The van der Waals surface area contributed by atoms with Crippen LogP contribution in [0.15, 0.2) is 35.7 Å². The molecule has 0 unspecified atom stereocenters. The van der Waals surface area contributed by atoms with Crippen molar-refractivity contribution < 1.29 is 18.3 Å². The standard InChI is InChI=1S/C23H25N9O4S/c1-37(35,36)19-18(13-6-15-4-5-16(7-13)31(15)23(34)21-26-11-27-30-21)29-22-17(9-28-32(22)20(19)24)12-2-3-14(10-33)25-8-12/h2-3,8-9,11,13,15-16,33H,4-7,10,24H2,1H3,(H,26,27,30)/t13-,15+,16-. The predicted molar refractivity (Wildman–Crippen MR) is 131 cm³/mol. The van der Waals surface area contributed by atoms with Crippen molar-refractivity contribution in [1.29, 1.82) is 0 Å². The molecule has 4 aromatic heterocycles. The van der Waals surface area contributed by atoms with Crippen LogP contribution in [0, 0.1) is 0 Å². The maximum Gasteiger partial charge on any atom is 0.292 e. The summed E-state index contributed by atoms with van der Waals surface area (Å²) in [5, 5.41) is 21.2. The summed E-state index contributed by atoms with van der Waals surface area (Å²) in [6.07, 6.45) is 8.41. The smallest absolute Gasteiger partial charge is 0.292 e. The van der Waals surface area contributed by atoms with E-state index in [2.05, 4.69) is 25.3 Å². The Bertz CT molecular complexity index is 1590. The molecule has 14 heteroatoms. The first-order valence-electron chi connectivity index (χ1n) is 11.9. The molecular weight excluding hydrogens is 498 g/mol. The van der Waals surface area contributed by atoms with E-state index in [1.165, 1.54) is 10.8 Å². The van der Waals surface area contributed by atoms with Crippen LogP contribution in [0.4, 0.5) is 5.82 Å². The maximum atomic E-state index is 13.1. The number of anilines is 1. The van der Waals surface area contributed by atoms with Gasteiger partial charge in [-0.25, -0.2) is 13.4 Å². The highest BCUT2D eigenvalue weighted by atomic mass is 32.2. The molecule has 0 spiro atoms. The summed E-state index contributed by atoms with van der Waals surface area (Å²) in [4.78, 5) is 26.7. The van der Waals surface area contributed by atoms with E-state index in [4.69, 9.17) is 10.7 Å². The highest BCUT2D eigenvalue weighted by molar-refractivity contribution is 7.91. The average molecular weight is 524 g/mol. The van der Waals surface area contributed by atoms with Gasteiger partial charge in [-0.2, -0.15) is 9.61 Å². The third kappa shape index (κ3) is 3.83. The Balaban J connectivity index is 1.43. The largest absolute Gasteiger partial charge is 0.390 e. The van der Waals surface area contributed by atoms with E-state index in [0.717, 1.165) is 19.1 Å². The molecule has 192 valence electrons. The fraction of sp³-hybridized carbons (Fsp3) is 0.391. The molecule has 2 aliphatic heterocycles. The van der Waals surface area contributed by atoms with Gasteiger partial charge in [-0.1, -0.05) is 6.07 Å². The van der Waals surface area contributed by atoms with E-state index in [9.17, 15) is 18.3 Å². The molecule has 37 heavy (non-hydrogen) atoms. The van der Waals surface area contributed by atoms with Crippen LogP contribution < -0.4 is 5.73 Å². The summed E-state index contributed by atoms with van der Waals surface area (Å²) in [5.41, 5.74) is 9.13. The average Bonchev–Trinajstić information content (AvgIpc) is 3.61. The number of amides is 1. The van der Waals surface area contributed by atoms with Gasteiger partial charge in [0.2, 0.25) is 5.82 Å². The highest BCUT2D eigenvalue weighted by Crippen LogP contribution is 2.45. The lowest BCUT2D eigenvalue weighted by Gasteiger charge is -2.38. The Morgan fingerprint density at radius 1 is 1.22 bits per heavy atom. The second kappa shape index (κ2) is 8.59. The Morgan fingerprint density at radius 3 is 2.57 bits per heavy atom. The minimum atomic E-state index is -3.74. The summed E-state index contributed by atoms with van der Waals surface area (Å²) >= 11 is 0. The van der Waals surface area contributed by atoms with Crippen molar-refractivity contribution in [2.45, 2.75) is 55.2 Å². The number of aromatic amines is 1. The SMILES string of the molecule is CS(=O)(=O)c1c([C@H]2C[C@H]3CC[C@@H](C2)N3C(=O)c2nnc[nH]2)nc2c(-c3ccc(CO)nc3)cnn2c1N. The first-order valence-corrected chi connectivity index (χ1v) is 13.8. The van der Waals surface area contributed by atoms with E-state index in [-0.39, 0.29) is 47.1 Å². The zero-order valence-electron chi connectivity index (χ0n) is 19.9. The van der Waals surface area contributed by atoms with Gasteiger partial charge in [-0.05, 0) is 31.7 Å². The van der Waals surface area contributed by atoms with Crippen LogP contribution >= 0.6 is 0 Å². The number of nitrogens with two attached hydrogens (primary N) is 1. The number of carbonyl (C=O) groups is 1. The van der Waals surface area contributed by atoms with Crippen LogP contribution in [0.2, 0.25) is 0 Å². The minimum absolute atomic E-state index is 0.00111. The second-order valence-electron chi connectivity index (χ2n) is 9.58. The van der Waals surface area contributed by atoms with Crippen molar-refractivity contribution in [2.75, 3.05) is 12.0 Å². The van der Waals surface area contributed by atoms with Crippen LogP contribution in [0.25, 0.3) is 16.8 Å². The van der Waals surface area contributed by atoms with Crippen molar-refractivity contribution in [3.63, 3.8) is 0 Å². The Kier molecular flexibility index (Phi) is 5.45. The molecule has 0 saturated carbocycles. The highest BCUT2D eigenvalue weighted by Gasteiger charge is 2.46. The monoisotopic (exact) mass is 523 g/mol. The fourth-order valence-corrected chi connectivity index (χ4v) is 6.78. The fourth-order valence-electron chi connectivity index (χ4n) is 5.72. The van der Waals surface area contributed by atoms with Gasteiger partial charge in [-0.15, -0.1) is 10.2 Å². The molecule has 3 atom stereocenters. The topological polar surface area (TPSA) is 185 Å². The van der Waals surface area contributed by atoms with Crippen molar-refractivity contribution in [2.24, 2.45) is 0 Å². The van der Waals surface area contributed by atoms with Gasteiger partial charge in [-0.3, -0.25) is 9.78 Å². The van der Waals surface area contributed by atoms with Gasteiger partial charge in [0.25, 0.3) is 5.91 Å². The van der Waals surface area contributed by atoms with Crippen LogP contribution in [0.3, 0.4) is 0 Å². The number of piperidine rings is 1. The number of carbonyl (C=O) groups excluding carboxylic acids is 1. The number of sulfone groups is 1. The molecule has 4 N–H and O–H groups in total.